The van der Waals surface area contributed by atoms with Gasteiger partial charge in [-0.05, 0) is 24.6 Å². The highest BCUT2D eigenvalue weighted by Gasteiger charge is 2.14. The fraction of sp³-hybridized carbons (Fsp3) is 0.308. The maximum absolute atomic E-state index is 6.20. The number of halogens is 3. The van der Waals surface area contributed by atoms with E-state index < -0.39 is 0 Å². The first kappa shape index (κ1) is 14.7. The van der Waals surface area contributed by atoms with Crippen LogP contribution in [0.1, 0.15) is 24.2 Å². The zero-order chi connectivity index (χ0) is 14.0. The minimum Gasteiger partial charge on any atom is -0.304 e. The molecule has 0 radical (unpaired) electrons. The number of hydrogen-bond donors (Lipinski definition) is 1. The molecule has 0 fully saturated rings. The van der Waals surface area contributed by atoms with Gasteiger partial charge in [-0.2, -0.15) is 5.10 Å². The van der Waals surface area contributed by atoms with Gasteiger partial charge in [-0.1, -0.05) is 40.9 Å². The van der Waals surface area contributed by atoms with Crippen LogP contribution in [-0.4, -0.2) is 9.78 Å². The Hall–Kier alpha value is -0.740. The lowest BCUT2D eigenvalue weighted by Crippen LogP contribution is -2.19. The molecule has 0 saturated heterocycles. The van der Waals surface area contributed by atoms with Crippen molar-refractivity contribution in [2.75, 3.05) is 0 Å². The number of nitrogens with one attached hydrogen (secondary N) is 1. The Morgan fingerprint density at radius 3 is 2.58 bits per heavy atom. The summed E-state index contributed by atoms with van der Waals surface area (Å²) in [4.78, 5) is 0. The van der Waals surface area contributed by atoms with E-state index in [-0.39, 0.29) is 6.04 Å². The zero-order valence-electron chi connectivity index (χ0n) is 10.6. The average Bonchev–Trinajstić information content (AvgIpc) is 2.79. The summed E-state index contributed by atoms with van der Waals surface area (Å²) in [6.07, 6.45) is 1.91. The largest absolute Gasteiger partial charge is 0.304 e. The van der Waals surface area contributed by atoms with E-state index in [4.69, 9.17) is 34.8 Å². The summed E-state index contributed by atoms with van der Waals surface area (Å²) < 4.78 is 1.77. The Morgan fingerprint density at radius 2 is 1.95 bits per heavy atom. The Morgan fingerprint density at radius 1 is 1.21 bits per heavy atom. The van der Waals surface area contributed by atoms with Crippen molar-refractivity contribution in [2.45, 2.75) is 19.5 Å². The van der Waals surface area contributed by atoms with E-state index >= 15 is 0 Å². The summed E-state index contributed by atoms with van der Waals surface area (Å²) in [5, 5.41) is 9.01. The van der Waals surface area contributed by atoms with Gasteiger partial charge in [0.25, 0.3) is 0 Å². The molecule has 1 aromatic heterocycles. The number of hydrogen-bond acceptors (Lipinski definition) is 2. The third-order valence-electron chi connectivity index (χ3n) is 2.89. The van der Waals surface area contributed by atoms with Crippen LogP contribution in [0.5, 0.6) is 0 Å². The first-order valence-corrected chi connectivity index (χ1v) is 6.97. The predicted octanol–water partition coefficient (Wildman–Crippen LogP) is 4.23. The minimum atomic E-state index is 0.0595. The van der Waals surface area contributed by atoms with Crippen molar-refractivity contribution in [1.82, 2.24) is 15.1 Å². The van der Waals surface area contributed by atoms with Crippen molar-refractivity contribution in [3.63, 3.8) is 0 Å². The van der Waals surface area contributed by atoms with Gasteiger partial charge in [0.05, 0.1) is 20.8 Å². The third kappa shape index (κ3) is 3.42. The zero-order valence-corrected chi connectivity index (χ0v) is 12.9. The number of nitrogens with zero attached hydrogens (tertiary/aromatic N) is 2. The van der Waals surface area contributed by atoms with Crippen LogP contribution in [0.4, 0.5) is 0 Å². The molecule has 1 heterocycles. The lowest BCUT2D eigenvalue weighted by molar-refractivity contribution is 0.562. The molecule has 0 aliphatic carbocycles. The maximum atomic E-state index is 6.20. The fourth-order valence-electron chi connectivity index (χ4n) is 1.80. The van der Waals surface area contributed by atoms with Crippen LogP contribution in [0, 0.1) is 0 Å². The van der Waals surface area contributed by atoms with E-state index in [0.717, 1.165) is 11.3 Å². The Kier molecular flexibility index (Phi) is 4.74. The molecule has 0 aliphatic heterocycles. The monoisotopic (exact) mass is 317 g/mol. The summed E-state index contributed by atoms with van der Waals surface area (Å²) in [5.74, 6) is 0. The van der Waals surface area contributed by atoms with Crippen molar-refractivity contribution in [3.8, 4) is 0 Å². The van der Waals surface area contributed by atoms with Gasteiger partial charge >= 0.3 is 0 Å². The Labute approximate surface area is 127 Å². The Bertz CT molecular complexity index is 581. The molecular formula is C13H14Cl3N3. The Balaban J connectivity index is 2.08. The second-order valence-corrected chi connectivity index (χ2v) is 5.51. The van der Waals surface area contributed by atoms with Crippen molar-refractivity contribution >= 4 is 34.8 Å². The highest BCUT2D eigenvalue weighted by molar-refractivity contribution is 6.48. The molecule has 2 aromatic rings. The van der Waals surface area contributed by atoms with Gasteiger partial charge in [-0.15, -0.1) is 0 Å². The number of rotatable bonds is 4. The van der Waals surface area contributed by atoms with Crippen molar-refractivity contribution in [1.29, 1.82) is 0 Å². The average molecular weight is 319 g/mol. The molecule has 0 amide bonds. The molecule has 1 N–H and O–H groups in total. The SMILES string of the molecule is CC(NCc1ccn(C)n1)c1ccc(Cl)c(Cl)c1Cl. The number of aryl methyl sites for hydroxylation is 1. The molecule has 6 heteroatoms. The molecule has 102 valence electrons. The van der Waals surface area contributed by atoms with Gasteiger partial charge in [0.15, 0.2) is 0 Å². The second kappa shape index (κ2) is 6.14. The first-order chi connectivity index (χ1) is 8.99. The highest BCUT2D eigenvalue weighted by Crippen LogP contribution is 2.35. The van der Waals surface area contributed by atoms with E-state index in [1.165, 1.54) is 0 Å². The lowest BCUT2D eigenvalue weighted by Gasteiger charge is -2.16. The molecule has 1 unspecified atom stereocenters. The van der Waals surface area contributed by atoms with Crippen LogP contribution >= 0.6 is 34.8 Å². The van der Waals surface area contributed by atoms with Crippen LogP contribution < -0.4 is 5.32 Å². The minimum absolute atomic E-state index is 0.0595. The van der Waals surface area contributed by atoms with E-state index in [2.05, 4.69) is 10.4 Å². The third-order valence-corrected chi connectivity index (χ3v) is 4.20. The van der Waals surface area contributed by atoms with Crippen LogP contribution in [0.25, 0.3) is 0 Å². The molecule has 2 rings (SSSR count). The fourth-order valence-corrected chi connectivity index (χ4v) is 2.51. The molecule has 19 heavy (non-hydrogen) atoms. The smallest absolute Gasteiger partial charge is 0.0781 e. The van der Waals surface area contributed by atoms with E-state index in [9.17, 15) is 0 Å². The molecule has 1 aromatic carbocycles. The van der Waals surface area contributed by atoms with Crippen molar-refractivity contribution in [3.05, 3.63) is 50.7 Å². The van der Waals surface area contributed by atoms with E-state index in [1.807, 2.05) is 32.3 Å². The molecule has 1 atom stereocenters. The molecule has 3 nitrogen and oxygen atoms in total. The second-order valence-electron chi connectivity index (χ2n) is 4.35. The van der Waals surface area contributed by atoms with Gasteiger partial charge < -0.3 is 5.32 Å². The lowest BCUT2D eigenvalue weighted by atomic mass is 10.1. The molecule has 0 bridgehead atoms. The van der Waals surface area contributed by atoms with E-state index in [0.29, 0.717) is 21.6 Å². The predicted molar refractivity (Wildman–Crippen MR) is 79.9 cm³/mol. The summed E-state index contributed by atoms with van der Waals surface area (Å²) in [6.45, 7) is 2.69. The highest BCUT2D eigenvalue weighted by atomic mass is 35.5. The van der Waals surface area contributed by atoms with Gasteiger partial charge in [0.1, 0.15) is 0 Å². The summed E-state index contributed by atoms with van der Waals surface area (Å²) in [6, 6.07) is 5.66. The number of benzene rings is 1. The normalized spacial score (nSPS) is 12.7. The molecule has 0 spiro atoms. The maximum Gasteiger partial charge on any atom is 0.0781 e. The molecule has 0 aliphatic rings. The van der Waals surface area contributed by atoms with Gasteiger partial charge in [-0.25, -0.2) is 0 Å². The van der Waals surface area contributed by atoms with Gasteiger partial charge in [-0.3, -0.25) is 4.68 Å². The molecule has 0 saturated carbocycles. The number of aromatic nitrogens is 2. The molecular weight excluding hydrogens is 305 g/mol. The first-order valence-electron chi connectivity index (χ1n) is 5.84. The quantitative estimate of drug-likeness (QED) is 0.855. The van der Waals surface area contributed by atoms with Crippen molar-refractivity contribution < 1.29 is 0 Å². The summed E-state index contributed by atoms with van der Waals surface area (Å²) in [7, 11) is 1.89. The standard InChI is InChI=1S/C13H14Cl3N3/c1-8(17-7-9-5-6-19(2)18-9)10-3-4-11(14)13(16)12(10)15/h3-6,8,17H,7H2,1-2H3. The van der Waals surface area contributed by atoms with Crippen LogP contribution in [-0.2, 0) is 13.6 Å². The topological polar surface area (TPSA) is 29.9 Å². The van der Waals surface area contributed by atoms with Crippen LogP contribution in [0.2, 0.25) is 15.1 Å². The summed E-state index contributed by atoms with van der Waals surface area (Å²) >= 11 is 18.2. The van der Waals surface area contributed by atoms with E-state index in [1.54, 1.807) is 10.7 Å². The van der Waals surface area contributed by atoms with Gasteiger partial charge in [0.2, 0.25) is 0 Å². The van der Waals surface area contributed by atoms with Crippen molar-refractivity contribution in [2.24, 2.45) is 7.05 Å². The summed E-state index contributed by atoms with van der Waals surface area (Å²) in [5.41, 5.74) is 1.90. The van der Waals surface area contributed by atoms with Gasteiger partial charge in [0, 0.05) is 25.8 Å². The van der Waals surface area contributed by atoms with Crippen LogP contribution in [0.15, 0.2) is 24.4 Å². The van der Waals surface area contributed by atoms with Crippen LogP contribution in [0.3, 0.4) is 0 Å².